The fraction of sp³-hybridized carbons (Fsp3) is 0.523. The second kappa shape index (κ2) is 54.3. The molecule has 4 heterocycles. The van der Waals surface area contributed by atoms with Crippen molar-refractivity contribution in [1.82, 2.24) is 0 Å². The number of ketones is 1. The Morgan fingerprint density at radius 1 is 0.604 bits per heavy atom. The second-order valence-corrected chi connectivity index (χ2v) is 26.2. The van der Waals surface area contributed by atoms with Crippen molar-refractivity contribution in [2.75, 3.05) is 48.1 Å². The summed E-state index contributed by atoms with van der Waals surface area (Å²) in [6, 6.07) is 38.6. The van der Waals surface area contributed by atoms with Crippen LogP contribution >= 0.6 is 19.5 Å². The minimum atomic E-state index is -3.92. The maximum atomic E-state index is 12.2. The quantitative estimate of drug-likeness (QED) is 0.00372. The van der Waals surface area contributed by atoms with E-state index in [4.69, 9.17) is 86.1 Å². The van der Waals surface area contributed by atoms with Crippen molar-refractivity contribution in [1.29, 1.82) is 0 Å². The fourth-order valence-corrected chi connectivity index (χ4v) is 12.9. The van der Waals surface area contributed by atoms with Gasteiger partial charge in [0.1, 0.15) is 24.4 Å². The number of carbonyl (C=O) groups is 3. The molecule has 0 radical (unpaired) electrons. The smallest absolute Gasteiger partial charge is 0.662 e. The molecule has 101 heavy (non-hydrogen) atoms. The summed E-state index contributed by atoms with van der Waals surface area (Å²) in [6.07, 6.45) is -10.2. The van der Waals surface area contributed by atoms with Crippen molar-refractivity contribution in [2.24, 2.45) is 34.5 Å². The molecular formula is C65H95ClN7Na2O24PS. The first-order valence-corrected chi connectivity index (χ1v) is 33.7. The molecule has 20 atom stereocenters. The van der Waals surface area contributed by atoms with E-state index in [0.29, 0.717) is 19.4 Å². The number of carbonyl (C=O) groups excluding carboxylic acids is 3. The van der Waals surface area contributed by atoms with E-state index in [9.17, 15) is 58.9 Å². The van der Waals surface area contributed by atoms with Gasteiger partial charge in [-0.25, -0.2) is 0 Å². The van der Waals surface area contributed by atoms with Crippen LogP contribution in [0.1, 0.15) is 47.5 Å². The van der Waals surface area contributed by atoms with E-state index in [1.54, 1.807) is 39.8 Å². The number of nitrogens with zero attached hydrogens (tertiary/aromatic N) is 6. The van der Waals surface area contributed by atoms with E-state index in [1.807, 2.05) is 6.92 Å². The SMILES string of the molecule is C=CC(=O)CCC1OC(OC)[C@@H](O)[C@H](O)[C@H]1C.C=CC(=O)Cl.COC1OC(CN)[C@H](C)[C@@H](O)[C@@H]1O.COC1OC(CN=[N+]=[N-])[C@H](C)[C@@H](O)[C@@H]1O.COC1OC(COS(=O)(=O)c2ccc(C)cc2)[C@H](C)[C@@H](O)[C@@H]1O.O=CO[O-].[2HH].[N-]=[N+]=[N-].[Na+].[Na+].c1ccc(P(c2ccccc2)c2ccccc2)cc1. The zero-order valence-electron chi connectivity index (χ0n) is 58.3. The maximum Gasteiger partial charge on any atom is 1.00 e. The van der Waals surface area contributed by atoms with E-state index in [0.717, 1.165) is 11.6 Å². The van der Waals surface area contributed by atoms with E-state index in [1.165, 1.54) is 67.5 Å². The molecule has 4 aliphatic rings. The number of ether oxygens (including phenoxy) is 8. The van der Waals surface area contributed by atoms with Crippen molar-refractivity contribution in [3.63, 3.8) is 0 Å². The minimum Gasteiger partial charge on any atom is -0.662 e. The predicted molar refractivity (Wildman–Crippen MR) is 365 cm³/mol. The molecule has 4 aliphatic heterocycles. The average Bonchev–Trinajstić information content (AvgIpc) is 0.845. The van der Waals surface area contributed by atoms with E-state index in [-0.39, 0.29) is 121 Å². The number of halogens is 1. The van der Waals surface area contributed by atoms with Crippen molar-refractivity contribution in [3.8, 4) is 0 Å². The number of aliphatic hydroxyl groups is 8. The van der Waals surface area contributed by atoms with Crippen LogP contribution in [0.25, 0.3) is 26.4 Å². The van der Waals surface area contributed by atoms with Gasteiger partial charge in [-0.3, -0.25) is 23.5 Å². The number of hydrogen-bond acceptors (Lipinski definition) is 26. The summed E-state index contributed by atoms with van der Waals surface area (Å²) in [5.41, 5.74) is 28.1. The second-order valence-electron chi connectivity index (χ2n) is 22.0. The summed E-state index contributed by atoms with van der Waals surface area (Å²) < 4.78 is 70.6. The van der Waals surface area contributed by atoms with Gasteiger partial charge in [-0.05, 0) is 78.6 Å². The van der Waals surface area contributed by atoms with E-state index >= 15 is 0 Å². The summed E-state index contributed by atoms with van der Waals surface area (Å²) in [6.45, 7) is 15.2. The maximum absolute atomic E-state index is 12.2. The van der Waals surface area contributed by atoms with Crippen LogP contribution < -0.4 is 86.0 Å². The molecule has 31 nitrogen and oxygen atoms in total. The first kappa shape index (κ1) is 98.8. The molecule has 8 rings (SSSR count). The Kier molecular flexibility index (Phi) is 53.1. The van der Waals surface area contributed by atoms with Crippen LogP contribution in [0, 0.1) is 30.6 Å². The number of hydrogen-bond donors (Lipinski definition) is 9. The molecule has 10 N–H and O–H groups in total. The average molecular weight is 1500 g/mol. The Morgan fingerprint density at radius 2 is 0.921 bits per heavy atom. The number of aliphatic hydroxyl groups excluding tert-OH is 8. The molecule has 4 aromatic rings. The Morgan fingerprint density at radius 3 is 1.24 bits per heavy atom. The summed E-state index contributed by atoms with van der Waals surface area (Å²) in [4.78, 5) is 36.0. The molecule has 0 bridgehead atoms. The number of methoxy groups -OCH3 is 4. The van der Waals surface area contributed by atoms with Gasteiger partial charge in [-0.1, -0.05) is 155 Å². The van der Waals surface area contributed by atoms with Crippen molar-refractivity contribution < 1.29 is 176 Å². The van der Waals surface area contributed by atoms with Crippen molar-refractivity contribution >= 4 is 63.1 Å². The number of nitrogens with two attached hydrogens (primary N) is 1. The Balaban J connectivity index is -0.00000116. The van der Waals surface area contributed by atoms with Crippen LogP contribution in [0.3, 0.4) is 0 Å². The zero-order chi connectivity index (χ0) is 75.0. The first-order chi connectivity index (χ1) is 47.0. The van der Waals surface area contributed by atoms with Gasteiger partial charge in [0.05, 0.1) is 66.9 Å². The minimum absolute atomic E-state index is 0. The number of allylic oxidation sites excluding steroid dienone is 2. The molecule has 0 amide bonds. The molecule has 4 aromatic carbocycles. The third kappa shape index (κ3) is 33.8. The number of azide groups is 1. The van der Waals surface area contributed by atoms with Gasteiger partial charge in [0.25, 0.3) is 16.6 Å². The standard InChI is InChI=1S/C18H15P.C15H22O7S.C12H20O5.C8H15N3O4.C8H17NO4.C3H3ClO.CH2O3.N3.2Na.H2/c1-4-10-16(11-5-1)19(17-12-6-2-7-13-17)18-14-8-3-9-15-18;1-9-4-6-11(7-5-9)23(18,19)21-8-12-10(2)13(16)14(17)15(20-3)22-12;1-4-8(13)5-6-9-7(2)10(14)11(15)12(16-3)17-9;1-4-5(3-10-11-9)15-8(14-2)7(13)6(4)12;1-4-5(3-9)13-8(12-2)7(11)6(4)10;1-2-3(4)5;2-1-4-3;1-3-2;;;/h1-15H;4-7,10,12-17H,8H2,1-3H3;4,7,9-12,14-15H,1,5-6H2,2-3H3;4-8,12-13H,3H2,1-2H3;4-8,10-11H,3,9H2,1-2H3;2H,1H2;1,3H;;;;1H/q;;;;;;;-1;2*+1;/p-1/t;10-,12?,13+,14-,15?;7-,9?,10+,11-,12?;2*4-,5?,6+,7-,8?;;;;;;/m.0000....../s1/i;;;;;;;;;;1+1. The largest absolute Gasteiger partial charge is 1.00 e. The van der Waals surface area contributed by atoms with Gasteiger partial charge < -0.3 is 106 Å². The molecule has 0 aliphatic carbocycles. The molecule has 36 heteroatoms. The topological polar surface area (TPSA) is 496 Å². The number of rotatable bonds is 20. The Bertz CT molecular complexity index is 3030. The predicted octanol–water partition coefficient (Wildman–Crippen LogP) is -2.68. The summed E-state index contributed by atoms with van der Waals surface area (Å²) >= 11 is 4.71. The summed E-state index contributed by atoms with van der Waals surface area (Å²) in [5, 5.41) is 93.1. The third-order valence-electron chi connectivity index (χ3n) is 15.6. The van der Waals surface area contributed by atoms with Crippen LogP contribution in [0.15, 0.2) is 151 Å². The van der Waals surface area contributed by atoms with Gasteiger partial charge in [0.15, 0.2) is 30.9 Å². The molecule has 0 saturated carbocycles. The van der Waals surface area contributed by atoms with Crippen LogP contribution in [0.4, 0.5) is 0 Å². The van der Waals surface area contributed by atoms with Gasteiger partial charge >= 0.3 is 59.1 Å². The molecule has 554 valence electrons. The molecule has 8 unspecified atom stereocenters. The third-order valence-corrected chi connectivity index (χ3v) is 19.5. The van der Waals surface area contributed by atoms with Gasteiger partial charge in [-0.2, -0.15) is 8.42 Å². The zero-order valence-corrected chi connectivity index (χ0v) is 64.8. The van der Waals surface area contributed by atoms with Crippen molar-refractivity contribution in [2.45, 2.75) is 151 Å². The van der Waals surface area contributed by atoms with Crippen LogP contribution in [0.5, 0.6) is 0 Å². The summed E-state index contributed by atoms with van der Waals surface area (Å²) in [5.74, 6) is -1.29. The molecular weight excluding hydrogens is 1410 g/mol. The number of benzene rings is 4. The normalized spacial score (nSPS) is 28.3. The van der Waals surface area contributed by atoms with Crippen LogP contribution in [0.2, 0.25) is 0 Å². The van der Waals surface area contributed by atoms with Crippen LogP contribution in [-0.2, 0) is 71.5 Å². The van der Waals surface area contributed by atoms with Gasteiger partial charge in [0.2, 0.25) is 5.24 Å². The summed E-state index contributed by atoms with van der Waals surface area (Å²) in [7, 11) is 1.17. The molecule has 4 saturated heterocycles. The molecule has 0 aromatic heterocycles. The van der Waals surface area contributed by atoms with Gasteiger partial charge in [0, 0.05) is 71.4 Å². The van der Waals surface area contributed by atoms with E-state index in [2.05, 4.69) is 119 Å². The monoisotopic (exact) mass is 1500 g/mol. The first-order valence-electron chi connectivity index (χ1n) is 30.5. The number of aryl methyl sites for hydroxylation is 1. The fourth-order valence-electron chi connectivity index (χ4n) is 9.67. The Labute approximate surface area is 640 Å². The van der Waals surface area contributed by atoms with Gasteiger partial charge in [-0.15, -0.1) is 0 Å². The molecule has 4 fully saturated rings. The van der Waals surface area contributed by atoms with Crippen molar-refractivity contribution in [3.05, 3.63) is 173 Å². The molecule has 0 spiro atoms. The van der Waals surface area contributed by atoms with Crippen LogP contribution in [-0.4, -0.2) is 213 Å². The Hall–Kier alpha value is -4.30. The van der Waals surface area contributed by atoms with E-state index < -0.39 is 115 Å².